The molecule has 0 bridgehead atoms. The molecule has 2 aliphatic heterocycles. The SMILES string of the molecule is CC1CC2CN(C(C)(C)C)CCN2C1. The molecule has 0 amide bonds. The van der Waals surface area contributed by atoms with Gasteiger partial charge >= 0.3 is 0 Å². The largest absolute Gasteiger partial charge is 0.298 e. The minimum atomic E-state index is 0.359. The van der Waals surface area contributed by atoms with E-state index in [0.29, 0.717) is 5.54 Å². The normalized spacial score (nSPS) is 36.0. The van der Waals surface area contributed by atoms with E-state index in [1.807, 2.05) is 0 Å². The van der Waals surface area contributed by atoms with Crippen LogP contribution in [0.3, 0.4) is 0 Å². The molecule has 2 fully saturated rings. The van der Waals surface area contributed by atoms with Gasteiger partial charge in [-0.15, -0.1) is 0 Å². The van der Waals surface area contributed by atoms with E-state index < -0.39 is 0 Å². The van der Waals surface area contributed by atoms with Crippen LogP contribution in [0.1, 0.15) is 34.1 Å². The Morgan fingerprint density at radius 3 is 2.43 bits per heavy atom. The minimum Gasteiger partial charge on any atom is -0.298 e. The van der Waals surface area contributed by atoms with Crippen LogP contribution in [0.4, 0.5) is 0 Å². The van der Waals surface area contributed by atoms with Crippen LogP contribution in [0, 0.1) is 5.92 Å². The summed E-state index contributed by atoms with van der Waals surface area (Å²) in [6, 6.07) is 0.845. The van der Waals surface area contributed by atoms with Crippen molar-refractivity contribution in [1.82, 2.24) is 9.80 Å². The number of hydrogen-bond donors (Lipinski definition) is 0. The van der Waals surface area contributed by atoms with Crippen molar-refractivity contribution < 1.29 is 0 Å². The second-order valence-electron chi connectivity index (χ2n) is 6.11. The fourth-order valence-corrected chi connectivity index (χ4v) is 2.91. The lowest BCUT2D eigenvalue weighted by Crippen LogP contribution is -2.56. The summed E-state index contributed by atoms with van der Waals surface area (Å²) in [6.07, 6.45) is 1.41. The highest BCUT2D eigenvalue weighted by Crippen LogP contribution is 2.28. The van der Waals surface area contributed by atoms with E-state index in [1.165, 1.54) is 32.6 Å². The first-order valence-corrected chi connectivity index (χ1v) is 5.96. The van der Waals surface area contributed by atoms with Crippen molar-refractivity contribution in [2.75, 3.05) is 26.2 Å². The van der Waals surface area contributed by atoms with Gasteiger partial charge in [0.05, 0.1) is 0 Å². The number of rotatable bonds is 0. The first-order chi connectivity index (χ1) is 6.47. The van der Waals surface area contributed by atoms with E-state index in [4.69, 9.17) is 0 Å². The highest BCUT2D eigenvalue weighted by atomic mass is 15.3. The molecule has 2 heterocycles. The maximum absolute atomic E-state index is 2.69. The lowest BCUT2D eigenvalue weighted by atomic mass is 10.0. The Hall–Kier alpha value is -0.0800. The monoisotopic (exact) mass is 196 g/mol. The molecular weight excluding hydrogens is 172 g/mol. The molecule has 2 aliphatic rings. The number of piperazine rings is 1. The predicted molar refractivity (Wildman–Crippen MR) is 60.5 cm³/mol. The van der Waals surface area contributed by atoms with Crippen molar-refractivity contribution in [2.24, 2.45) is 5.92 Å². The molecule has 2 heteroatoms. The molecule has 2 nitrogen and oxygen atoms in total. The summed E-state index contributed by atoms with van der Waals surface area (Å²) < 4.78 is 0. The van der Waals surface area contributed by atoms with Gasteiger partial charge in [0, 0.05) is 37.8 Å². The Morgan fingerprint density at radius 1 is 1.07 bits per heavy atom. The Labute approximate surface area is 88.3 Å². The molecule has 0 radical (unpaired) electrons. The third kappa shape index (κ3) is 1.96. The molecule has 2 atom stereocenters. The van der Waals surface area contributed by atoms with Gasteiger partial charge in [0.15, 0.2) is 0 Å². The quantitative estimate of drug-likeness (QED) is 0.583. The van der Waals surface area contributed by atoms with Gasteiger partial charge in [0.2, 0.25) is 0 Å². The first-order valence-electron chi connectivity index (χ1n) is 5.96. The maximum Gasteiger partial charge on any atom is 0.0227 e. The number of nitrogens with zero attached hydrogens (tertiary/aromatic N) is 2. The summed E-state index contributed by atoms with van der Waals surface area (Å²) in [6.45, 7) is 14.6. The van der Waals surface area contributed by atoms with Crippen molar-refractivity contribution in [3.05, 3.63) is 0 Å². The Morgan fingerprint density at radius 2 is 1.79 bits per heavy atom. The molecule has 14 heavy (non-hydrogen) atoms. The molecule has 0 saturated carbocycles. The fourth-order valence-electron chi connectivity index (χ4n) is 2.91. The molecular formula is C12H24N2. The molecule has 2 rings (SSSR count). The highest BCUT2D eigenvalue weighted by Gasteiger charge is 2.36. The van der Waals surface area contributed by atoms with Crippen LogP contribution in [-0.4, -0.2) is 47.6 Å². The van der Waals surface area contributed by atoms with E-state index in [0.717, 1.165) is 12.0 Å². The van der Waals surface area contributed by atoms with Crippen molar-refractivity contribution in [1.29, 1.82) is 0 Å². The van der Waals surface area contributed by atoms with Gasteiger partial charge in [0.1, 0.15) is 0 Å². The van der Waals surface area contributed by atoms with Gasteiger partial charge in [-0.1, -0.05) is 6.92 Å². The molecule has 82 valence electrons. The summed E-state index contributed by atoms with van der Waals surface area (Å²) in [5.41, 5.74) is 0.359. The lowest BCUT2D eigenvalue weighted by molar-refractivity contribution is 0.0412. The highest BCUT2D eigenvalue weighted by molar-refractivity contribution is 4.92. The Bertz CT molecular complexity index is 207. The van der Waals surface area contributed by atoms with Crippen molar-refractivity contribution >= 4 is 0 Å². The zero-order chi connectivity index (χ0) is 10.3. The average Bonchev–Trinajstić information content (AvgIpc) is 2.41. The van der Waals surface area contributed by atoms with Gasteiger partial charge < -0.3 is 0 Å². The second kappa shape index (κ2) is 3.49. The van der Waals surface area contributed by atoms with Crippen LogP contribution in [-0.2, 0) is 0 Å². The molecule has 0 aromatic rings. The molecule has 0 N–H and O–H groups in total. The van der Waals surface area contributed by atoms with Crippen LogP contribution in [0.15, 0.2) is 0 Å². The van der Waals surface area contributed by atoms with Gasteiger partial charge in [-0.3, -0.25) is 9.80 Å². The zero-order valence-corrected chi connectivity index (χ0v) is 10.1. The van der Waals surface area contributed by atoms with Gasteiger partial charge in [0.25, 0.3) is 0 Å². The van der Waals surface area contributed by atoms with Crippen molar-refractivity contribution in [3.63, 3.8) is 0 Å². The van der Waals surface area contributed by atoms with Crippen LogP contribution in [0.5, 0.6) is 0 Å². The summed E-state index contributed by atoms with van der Waals surface area (Å²) in [5, 5.41) is 0. The maximum atomic E-state index is 2.69. The standard InChI is InChI=1S/C12H24N2/c1-10-7-11-9-14(12(2,3)4)6-5-13(11)8-10/h10-11H,5-9H2,1-4H3. The van der Waals surface area contributed by atoms with E-state index in [-0.39, 0.29) is 0 Å². The predicted octanol–water partition coefficient (Wildman–Crippen LogP) is 1.81. The molecule has 0 spiro atoms. The summed E-state index contributed by atoms with van der Waals surface area (Å²) >= 11 is 0. The third-order valence-electron chi connectivity index (χ3n) is 3.77. The Balaban J connectivity index is 1.98. The fraction of sp³-hybridized carbons (Fsp3) is 1.00. The van der Waals surface area contributed by atoms with E-state index >= 15 is 0 Å². The summed E-state index contributed by atoms with van der Waals surface area (Å²) in [4.78, 5) is 5.33. The second-order valence-corrected chi connectivity index (χ2v) is 6.11. The zero-order valence-electron chi connectivity index (χ0n) is 10.1. The number of hydrogen-bond acceptors (Lipinski definition) is 2. The topological polar surface area (TPSA) is 6.48 Å². The molecule has 0 aromatic carbocycles. The Kier molecular flexibility index (Phi) is 2.61. The van der Waals surface area contributed by atoms with Gasteiger partial charge in [-0.25, -0.2) is 0 Å². The van der Waals surface area contributed by atoms with Crippen molar-refractivity contribution in [2.45, 2.75) is 45.7 Å². The number of fused-ring (bicyclic) bond motifs is 1. The third-order valence-corrected chi connectivity index (χ3v) is 3.77. The lowest BCUT2D eigenvalue weighted by Gasteiger charge is -2.44. The molecule has 2 unspecified atom stereocenters. The van der Waals surface area contributed by atoms with Gasteiger partial charge in [-0.05, 0) is 33.1 Å². The molecule has 2 saturated heterocycles. The van der Waals surface area contributed by atoms with E-state index in [1.54, 1.807) is 0 Å². The van der Waals surface area contributed by atoms with Crippen LogP contribution >= 0.6 is 0 Å². The van der Waals surface area contributed by atoms with Crippen LogP contribution in [0.2, 0.25) is 0 Å². The minimum absolute atomic E-state index is 0.359. The summed E-state index contributed by atoms with van der Waals surface area (Å²) in [7, 11) is 0. The van der Waals surface area contributed by atoms with E-state index in [2.05, 4.69) is 37.5 Å². The molecule has 0 aromatic heterocycles. The smallest absolute Gasteiger partial charge is 0.0227 e. The van der Waals surface area contributed by atoms with Crippen molar-refractivity contribution in [3.8, 4) is 0 Å². The van der Waals surface area contributed by atoms with Crippen LogP contribution < -0.4 is 0 Å². The summed E-state index contributed by atoms with van der Waals surface area (Å²) in [5.74, 6) is 0.917. The van der Waals surface area contributed by atoms with E-state index in [9.17, 15) is 0 Å². The molecule has 0 aliphatic carbocycles. The average molecular weight is 196 g/mol. The first kappa shape index (κ1) is 10.4. The van der Waals surface area contributed by atoms with Gasteiger partial charge in [-0.2, -0.15) is 0 Å². The van der Waals surface area contributed by atoms with Crippen LogP contribution in [0.25, 0.3) is 0 Å².